The first kappa shape index (κ1) is 14.9. The number of benzene rings is 1. The molecule has 0 bridgehead atoms. The molecule has 0 heterocycles. The number of carbonyl (C=O) groups excluding carboxylic acids is 1. The first-order chi connectivity index (χ1) is 9.54. The maximum Gasteiger partial charge on any atom is 0.224 e. The van der Waals surface area contributed by atoms with Crippen molar-refractivity contribution in [1.29, 1.82) is 0 Å². The van der Waals surface area contributed by atoms with E-state index in [0.29, 0.717) is 6.54 Å². The fraction of sp³-hybridized carbons (Fsp3) is 0.533. The van der Waals surface area contributed by atoms with E-state index in [-0.39, 0.29) is 29.9 Å². The topological polar surface area (TPSA) is 49.3 Å². The molecule has 1 amide bonds. The van der Waals surface area contributed by atoms with Gasteiger partial charge in [0.25, 0.3) is 0 Å². The Labute approximate surface area is 117 Å². The number of amides is 1. The molecule has 0 saturated heterocycles. The van der Waals surface area contributed by atoms with Crippen LogP contribution in [-0.4, -0.2) is 24.2 Å². The van der Waals surface area contributed by atoms with Gasteiger partial charge in [0, 0.05) is 18.0 Å². The zero-order chi connectivity index (χ0) is 14.6. The van der Waals surface area contributed by atoms with Crippen LogP contribution < -0.4 is 5.32 Å². The number of aliphatic hydroxyl groups excluding tert-OH is 1. The Balaban J connectivity index is 1.89. The van der Waals surface area contributed by atoms with E-state index in [4.69, 9.17) is 0 Å². The number of carbonyl (C=O) groups is 1. The molecule has 0 radical (unpaired) electrons. The Kier molecular flexibility index (Phi) is 4.70. The molecule has 1 fully saturated rings. The number of hydrogen-bond donors (Lipinski definition) is 2. The van der Waals surface area contributed by atoms with Crippen molar-refractivity contribution in [2.24, 2.45) is 5.41 Å². The van der Waals surface area contributed by atoms with Gasteiger partial charge in [0.15, 0.2) is 0 Å². The summed E-state index contributed by atoms with van der Waals surface area (Å²) in [6.45, 7) is 0.462. The highest BCUT2D eigenvalue weighted by molar-refractivity contribution is 5.78. The van der Waals surface area contributed by atoms with Crippen LogP contribution in [0.5, 0.6) is 0 Å². The SMILES string of the molecule is O=C(Cc1ccc(F)cc1F)NCC1(CO)CCCC1. The minimum atomic E-state index is -0.710. The Morgan fingerprint density at radius 1 is 1.30 bits per heavy atom. The molecule has 0 aliphatic heterocycles. The lowest BCUT2D eigenvalue weighted by Crippen LogP contribution is -2.39. The van der Waals surface area contributed by atoms with Crippen molar-refractivity contribution in [2.45, 2.75) is 32.1 Å². The molecule has 1 saturated carbocycles. The molecule has 5 heteroatoms. The smallest absolute Gasteiger partial charge is 0.224 e. The second-order valence-electron chi connectivity index (χ2n) is 5.55. The predicted octanol–water partition coefficient (Wildman–Crippen LogP) is 2.18. The number of halogens is 2. The van der Waals surface area contributed by atoms with Crippen molar-refractivity contribution in [1.82, 2.24) is 5.32 Å². The van der Waals surface area contributed by atoms with E-state index in [1.807, 2.05) is 0 Å². The van der Waals surface area contributed by atoms with Crippen molar-refractivity contribution in [3.05, 3.63) is 35.4 Å². The van der Waals surface area contributed by atoms with Gasteiger partial charge in [0.05, 0.1) is 13.0 Å². The van der Waals surface area contributed by atoms with Crippen LogP contribution in [0.4, 0.5) is 8.78 Å². The van der Waals surface area contributed by atoms with Crippen molar-refractivity contribution in [3.63, 3.8) is 0 Å². The average Bonchev–Trinajstić information content (AvgIpc) is 2.89. The standard InChI is InChI=1S/C15H19F2NO2/c16-12-4-3-11(13(17)8-12)7-14(20)18-9-15(10-19)5-1-2-6-15/h3-4,8,19H,1-2,5-7,9-10H2,(H,18,20). The van der Waals surface area contributed by atoms with E-state index in [9.17, 15) is 18.7 Å². The van der Waals surface area contributed by atoms with E-state index in [1.165, 1.54) is 6.07 Å². The molecule has 20 heavy (non-hydrogen) atoms. The van der Waals surface area contributed by atoms with Gasteiger partial charge in [-0.1, -0.05) is 18.9 Å². The lowest BCUT2D eigenvalue weighted by atomic mass is 9.87. The van der Waals surface area contributed by atoms with E-state index in [1.54, 1.807) is 0 Å². The average molecular weight is 283 g/mol. The molecule has 0 atom stereocenters. The second-order valence-corrected chi connectivity index (χ2v) is 5.55. The maximum atomic E-state index is 13.4. The highest BCUT2D eigenvalue weighted by Gasteiger charge is 2.33. The molecule has 1 aromatic carbocycles. The molecule has 110 valence electrons. The summed E-state index contributed by atoms with van der Waals surface area (Å²) in [5.41, 5.74) is -0.0508. The Hall–Kier alpha value is -1.49. The molecule has 0 unspecified atom stereocenters. The minimum Gasteiger partial charge on any atom is -0.396 e. The largest absolute Gasteiger partial charge is 0.396 e. The van der Waals surface area contributed by atoms with Gasteiger partial charge in [0.1, 0.15) is 11.6 Å². The van der Waals surface area contributed by atoms with Crippen LogP contribution in [0.2, 0.25) is 0 Å². The number of hydrogen-bond acceptors (Lipinski definition) is 2. The number of rotatable bonds is 5. The normalized spacial score (nSPS) is 17.1. The van der Waals surface area contributed by atoms with Gasteiger partial charge < -0.3 is 10.4 Å². The summed E-state index contributed by atoms with van der Waals surface area (Å²) in [7, 11) is 0. The van der Waals surface area contributed by atoms with Crippen molar-refractivity contribution < 1.29 is 18.7 Å². The van der Waals surface area contributed by atoms with Gasteiger partial charge in [0.2, 0.25) is 5.91 Å². The molecule has 1 aliphatic carbocycles. The number of aliphatic hydroxyl groups is 1. The Morgan fingerprint density at radius 2 is 2.00 bits per heavy atom. The summed E-state index contributed by atoms with van der Waals surface area (Å²) in [6, 6.07) is 3.19. The third-order valence-corrected chi connectivity index (χ3v) is 4.03. The van der Waals surface area contributed by atoms with Crippen LogP contribution in [0.1, 0.15) is 31.2 Å². The molecule has 1 aromatic rings. The molecule has 2 N–H and O–H groups in total. The fourth-order valence-corrected chi connectivity index (χ4v) is 2.70. The van der Waals surface area contributed by atoms with Crippen LogP contribution in [-0.2, 0) is 11.2 Å². The highest BCUT2D eigenvalue weighted by Crippen LogP contribution is 2.36. The van der Waals surface area contributed by atoms with Gasteiger partial charge in [-0.3, -0.25) is 4.79 Å². The third kappa shape index (κ3) is 3.54. The predicted molar refractivity (Wildman–Crippen MR) is 71.1 cm³/mol. The first-order valence-corrected chi connectivity index (χ1v) is 6.86. The molecule has 1 aliphatic rings. The van der Waals surface area contributed by atoms with Gasteiger partial charge in [-0.05, 0) is 24.5 Å². The van der Waals surface area contributed by atoms with Gasteiger partial charge in [-0.25, -0.2) is 8.78 Å². The van der Waals surface area contributed by atoms with Crippen molar-refractivity contribution in [2.75, 3.05) is 13.2 Å². The monoisotopic (exact) mass is 283 g/mol. The fourth-order valence-electron chi connectivity index (χ4n) is 2.70. The van der Waals surface area contributed by atoms with Gasteiger partial charge in [-0.2, -0.15) is 0 Å². The van der Waals surface area contributed by atoms with Crippen molar-refractivity contribution >= 4 is 5.91 Å². The van der Waals surface area contributed by atoms with Crippen LogP contribution in [0.15, 0.2) is 18.2 Å². The van der Waals surface area contributed by atoms with Gasteiger partial charge in [-0.15, -0.1) is 0 Å². The van der Waals surface area contributed by atoms with Gasteiger partial charge >= 0.3 is 0 Å². The van der Waals surface area contributed by atoms with E-state index in [2.05, 4.69) is 5.32 Å². The summed E-state index contributed by atoms with van der Waals surface area (Å²) in [5.74, 6) is -1.68. The summed E-state index contributed by atoms with van der Waals surface area (Å²) in [4.78, 5) is 11.8. The molecular weight excluding hydrogens is 264 g/mol. The molecular formula is C15H19F2NO2. The number of nitrogens with one attached hydrogen (secondary N) is 1. The summed E-state index contributed by atoms with van der Waals surface area (Å²) < 4.78 is 26.2. The second kappa shape index (κ2) is 6.31. The molecule has 0 aromatic heterocycles. The summed E-state index contributed by atoms with van der Waals surface area (Å²) in [6.07, 6.45) is 3.79. The van der Waals surface area contributed by atoms with E-state index in [0.717, 1.165) is 37.8 Å². The summed E-state index contributed by atoms with van der Waals surface area (Å²) >= 11 is 0. The lowest BCUT2D eigenvalue weighted by molar-refractivity contribution is -0.121. The molecule has 0 spiro atoms. The lowest BCUT2D eigenvalue weighted by Gasteiger charge is -2.26. The zero-order valence-electron chi connectivity index (χ0n) is 11.3. The summed E-state index contributed by atoms with van der Waals surface area (Å²) in [5, 5.41) is 12.2. The molecule has 3 nitrogen and oxygen atoms in total. The third-order valence-electron chi connectivity index (χ3n) is 4.03. The van der Waals surface area contributed by atoms with Crippen LogP contribution in [0, 0.1) is 17.0 Å². The van der Waals surface area contributed by atoms with Crippen LogP contribution in [0.3, 0.4) is 0 Å². The first-order valence-electron chi connectivity index (χ1n) is 6.86. The maximum absolute atomic E-state index is 13.4. The van der Waals surface area contributed by atoms with Crippen molar-refractivity contribution in [3.8, 4) is 0 Å². The highest BCUT2D eigenvalue weighted by atomic mass is 19.1. The quantitative estimate of drug-likeness (QED) is 0.870. The van der Waals surface area contributed by atoms with Crippen LogP contribution >= 0.6 is 0 Å². The van der Waals surface area contributed by atoms with Crippen LogP contribution in [0.25, 0.3) is 0 Å². The minimum absolute atomic E-state index is 0.0538. The Morgan fingerprint density at radius 3 is 2.60 bits per heavy atom. The Bertz CT molecular complexity index is 485. The van der Waals surface area contributed by atoms with E-state index >= 15 is 0 Å². The zero-order valence-corrected chi connectivity index (χ0v) is 11.3. The molecule has 2 rings (SSSR count). The van der Waals surface area contributed by atoms with E-state index < -0.39 is 11.6 Å².